The smallest absolute Gasteiger partial charge is 0.251 e. The summed E-state index contributed by atoms with van der Waals surface area (Å²) in [5, 5.41) is 27.6. The van der Waals surface area contributed by atoms with Crippen LogP contribution in [0.15, 0.2) is 71.7 Å². The molecule has 2 fully saturated rings. The fourth-order valence-corrected chi connectivity index (χ4v) is 12.0. The normalized spacial score (nSPS) is 20.1. The van der Waals surface area contributed by atoms with Gasteiger partial charge in [0.05, 0.1) is 59.6 Å². The van der Waals surface area contributed by atoms with Gasteiger partial charge in [0.15, 0.2) is 23.8 Å². The number of carbonyl (C=O) groups is 2. The number of carbonyl (C=O) groups excluding carboxylic acids is 2. The molecular weight excluding hydrogens is 1140 g/mol. The molecule has 2 aromatic carbocycles. The maximum absolute atomic E-state index is 13.7. The van der Waals surface area contributed by atoms with Crippen molar-refractivity contribution >= 4 is 77.4 Å². The molecule has 7 heterocycles. The third-order valence-corrected chi connectivity index (χ3v) is 15.7. The van der Waals surface area contributed by atoms with Crippen LogP contribution in [0.1, 0.15) is 70.2 Å². The largest absolute Gasteiger partial charge is 0.779 e. The van der Waals surface area contributed by atoms with E-state index in [9.17, 15) is 33.6 Å². The molecular formula is C55H68N14O14P2-2. The highest BCUT2D eigenvalue weighted by molar-refractivity contribution is 7.50. The van der Waals surface area contributed by atoms with Crippen molar-refractivity contribution in [1.82, 2.24) is 49.4 Å². The second kappa shape index (κ2) is 26.1. The van der Waals surface area contributed by atoms with Gasteiger partial charge in [-0.2, -0.15) is 10.2 Å². The van der Waals surface area contributed by atoms with Gasteiger partial charge in [-0.15, -0.1) is 0 Å². The summed E-state index contributed by atoms with van der Waals surface area (Å²) in [6.45, 7) is 3.08. The van der Waals surface area contributed by atoms with Gasteiger partial charge in [0, 0.05) is 106 Å². The first-order valence-electron chi connectivity index (χ1n) is 27.2. The molecule has 7 N–H and O–H groups in total. The number of aromatic carboxylic acids is 1. The minimum Gasteiger partial charge on any atom is -0.779 e. The second-order valence-corrected chi connectivity index (χ2v) is 24.6. The number of nitrogens with two attached hydrogens (primary N) is 3. The van der Waals surface area contributed by atoms with E-state index in [4.69, 9.17) is 54.7 Å². The van der Waals surface area contributed by atoms with Crippen molar-refractivity contribution in [2.45, 2.75) is 75.4 Å². The van der Waals surface area contributed by atoms with Crippen molar-refractivity contribution in [2.75, 3.05) is 98.4 Å². The lowest BCUT2D eigenvalue weighted by atomic mass is 9.89. The molecule has 8 atom stereocenters. The molecule has 2 saturated heterocycles. The molecule has 0 bridgehead atoms. The lowest BCUT2D eigenvalue weighted by Gasteiger charge is -2.25. The number of nitrogen functional groups attached to an aromatic ring is 2. The fraction of sp³-hybridized carbons (Fsp3) is 0.436. The number of ether oxygens (including phenoxy) is 4. The molecule has 454 valence electrons. The fourth-order valence-electron chi connectivity index (χ4n) is 10.5. The number of hydrogen-bond donors (Lipinski definition) is 4. The number of rotatable bonds is 21. The Bertz CT molecular complexity index is 3900. The lowest BCUT2D eigenvalue weighted by molar-refractivity contribution is -0.255. The van der Waals surface area contributed by atoms with Gasteiger partial charge < -0.3 is 88.6 Å². The summed E-state index contributed by atoms with van der Waals surface area (Å²) in [6, 6.07) is 15.8. The van der Waals surface area contributed by atoms with Crippen molar-refractivity contribution in [3.05, 3.63) is 95.1 Å². The standard InChI is InChI=1S/C40H45N8O9P.C15H25N6O5P/c1-46(2)23-10-13-26-30(17-23)55-31-18-24(47(3)4)11-14-27(31)35(26)28-16-22(9-12-25(28)40(50)51)39(49)42-15-7-8-29-36-37(41)43-21-44-38(36)48(45-29)34-19-32(57-58(6,52)53)33(56-34)20-54-5;1-24-7-11-10(26-27(2,22)23)6-12(25-11)21-15-13(14(17)18-8-19-15)9(20-21)4-3-5-16/h9-14,16-18,21,32-34H,7-8,15,19-20H2,1-6H3,(H4-,41,42,43,44,45,49,50,51,52,53);8,10-12H,3-7,16H2,1-2H3,(H,22,23)(H2,17,18,19)/p-2. The summed E-state index contributed by atoms with van der Waals surface area (Å²) in [6.07, 6.45) is 1.31. The topological polar surface area (TPSA) is 390 Å². The number of nitrogens with zero attached hydrogens (tertiary/aromatic N) is 10. The Morgan fingerprint density at radius 2 is 1.34 bits per heavy atom. The predicted octanol–water partition coefficient (Wildman–Crippen LogP) is 2.05. The van der Waals surface area contributed by atoms with E-state index in [1.54, 1.807) is 15.4 Å². The van der Waals surface area contributed by atoms with Gasteiger partial charge >= 0.3 is 0 Å². The summed E-state index contributed by atoms with van der Waals surface area (Å²) in [5.41, 5.74) is 23.3. The maximum atomic E-state index is 13.7. The summed E-state index contributed by atoms with van der Waals surface area (Å²) in [4.78, 5) is 68.7. The number of aryl methyl sites for hydroxylation is 2. The van der Waals surface area contributed by atoms with Gasteiger partial charge in [-0.25, -0.2) is 33.9 Å². The first-order valence-corrected chi connectivity index (χ1v) is 31.1. The molecule has 1 amide bonds. The monoisotopic (exact) mass is 1210 g/mol. The minimum absolute atomic E-state index is 0.0737. The van der Waals surface area contributed by atoms with Crippen LogP contribution >= 0.6 is 15.2 Å². The molecule has 85 heavy (non-hydrogen) atoms. The van der Waals surface area contributed by atoms with E-state index in [0.717, 1.165) is 36.5 Å². The van der Waals surface area contributed by atoms with Crippen molar-refractivity contribution < 1.29 is 66.0 Å². The van der Waals surface area contributed by atoms with Crippen LogP contribution in [-0.4, -0.2) is 158 Å². The Morgan fingerprint density at radius 3 is 1.85 bits per heavy atom. The van der Waals surface area contributed by atoms with Crippen LogP contribution in [0.5, 0.6) is 0 Å². The van der Waals surface area contributed by atoms with Crippen LogP contribution in [0.25, 0.3) is 55.5 Å². The molecule has 3 aliphatic heterocycles. The Balaban J connectivity index is 0.000000267. The summed E-state index contributed by atoms with van der Waals surface area (Å²) in [7, 11) is 2.66. The van der Waals surface area contributed by atoms with Crippen molar-refractivity contribution in [1.29, 1.82) is 0 Å². The summed E-state index contributed by atoms with van der Waals surface area (Å²) in [5.74, 6) is -0.719. The number of anilines is 3. The van der Waals surface area contributed by atoms with E-state index in [-0.39, 0.29) is 49.5 Å². The van der Waals surface area contributed by atoms with Crippen LogP contribution in [-0.2, 0) is 50.0 Å². The summed E-state index contributed by atoms with van der Waals surface area (Å²) < 4.78 is 68.1. The van der Waals surface area contributed by atoms with E-state index in [2.05, 4.69) is 30.4 Å². The van der Waals surface area contributed by atoms with E-state index >= 15 is 0 Å². The molecule has 1 aliphatic carbocycles. The maximum Gasteiger partial charge on any atom is 0.251 e. The Hall–Kier alpha value is -7.33. The number of nitrogens with one attached hydrogen (secondary N) is 1. The number of hydrogen-bond acceptors (Lipinski definition) is 24. The first kappa shape index (κ1) is 62.2. The lowest BCUT2D eigenvalue weighted by Crippen LogP contribution is -2.29. The average molecular weight is 1210 g/mol. The number of methoxy groups -OCH3 is 2. The zero-order valence-electron chi connectivity index (χ0n) is 48.2. The average Bonchev–Trinajstić information content (AvgIpc) is 2.15. The third-order valence-electron chi connectivity index (χ3n) is 14.4. The highest BCUT2D eigenvalue weighted by Gasteiger charge is 2.41. The number of aromatic nitrogens is 8. The minimum atomic E-state index is -4.08. The Morgan fingerprint density at radius 1 is 0.776 bits per heavy atom. The molecule has 10 rings (SSSR count). The van der Waals surface area contributed by atoms with E-state index in [1.807, 2.05) is 74.1 Å². The van der Waals surface area contributed by atoms with Crippen molar-refractivity contribution in [3.8, 4) is 22.5 Å². The molecule has 8 unspecified atom stereocenters. The number of carboxylic acids is 1. The molecule has 4 aromatic heterocycles. The number of benzene rings is 3. The molecule has 0 saturated carbocycles. The SMILES string of the molecule is COCC1OC(n2nc(CCCN)c3c(N)ncnc32)CC1OP(C)(=O)[O-].COCC1OC(n2nc(CCCNC(=O)c3ccc(C(=O)[O-])c(-c4c5ccc(=[N+](C)C)cc-5oc5cc(N(C)C)ccc45)c3)c3c(N)ncnc32)CC1OP(C)(=O)[O-]. The number of carboxylic acid groups (broad SMARTS) is 1. The molecule has 0 spiro atoms. The van der Waals surface area contributed by atoms with Crippen LogP contribution in [0.2, 0.25) is 0 Å². The van der Waals surface area contributed by atoms with Gasteiger partial charge in [0.1, 0.15) is 77.1 Å². The summed E-state index contributed by atoms with van der Waals surface area (Å²) >= 11 is 0. The first-order chi connectivity index (χ1) is 40.5. The Kier molecular flexibility index (Phi) is 19.1. The molecule has 28 nitrogen and oxygen atoms in total. The van der Waals surface area contributed by atoms with Crippen LogP contribution in [0.4, 0.5) is 17.3 Å². The van der Waals surface area contributed by atoms with Crippen LogP contribution in [0.3, 0.4) is 0 Å². The Labute approximate surface area is 488 Å². The zero-order valence-corrected chi connectivity index (χ0v) is 50.0. The molecule has 30 heteroatoms. The zero-order chi connectivity index (χ0) is 61.1. The van der Waals surface area contributed by atoms with Crippen LogP contribution < -0.4 is 52.2 Å². The van der Waals surface area contributed by atoms with Crippen molar-refractivity contribution in [2.24, 2.45) is 5.73 Å². The van der Waals surface area contributed by atoms with E-state index in [1.165, 1.54) is 39.0 Å². The molecule has 0 radical (unpaired) electrons. The van der Waals surface area contributed by atoms with Gasteiger partial charge in [-0.1, -0.05) is 6.07 Å². The second-order valence-electron chi connectivity index (χ2n) is 21.1. The van der Waals surface area contributed by atoms with Gasteiger partial charge in [0.2, 0.25) is 5.36 Å². The number of fused-ring (bicyclic) bond motifs is 4. The number of amides is 1. The molecule has 4 aliphatic rings. The van der Waals surface area contributed by atoms with Gasteiger partial charge in [-0.3, -0.25) is 4.79 Å². The predicted molar refractivity (Wildman–Crippen MR) is 309 cm³/mol. The highest BCUT2D eigenvalue weighted by Crippen LogP contribution is 2.45. The third kappa shape index (κ3) is 14.0. The quantitative estimate of drug-likeness (QED) is 0.0346. The van der Waals surface area contributed by atoms with Crippen molar-refractivity contribution in [3.63, 3.8) is 0 Å². The van der Waals surface area contributed by atoms with Crippen LogP contribution in [0, 0.1) is 0 Å². The highest BCUT2D eigenvalue weighted by atomic mass is 31.2. The van der Waals surface area contributed by atoms with E-state index < -0.39 is 63.9 Å². The van der Waals surface area contributed by atoms with Gasteiger partial charge in [0.25, 0.3) is 5.91 Å². The van der Waals surface area contributed by atoms with Gasteiger partial charge in [-0.05, 0) is 68.1 Å². The molecule has 6 aromatic rings. The van der Waals surface area contributed by atoms with E-state index in [0.29, 0.717) is 92.8 Å².